The van der Waals surface area contributed by atoms with Crippen LogP contribution in [0.25, 0.3) is 33.7 Å². The van der Waals surface area contributed by atoms with Gasteiger partial charge in [-0.1, -0.05) is 18.5 Å². The number of aromatic amines is 1. The van der Waals surface area contributed by atoms with Gasteiger partial charge in [0.25, 0.3) is 5.56 Å². The number of imidazole rings is 2. The van der Waals surface area contributed by atoms with Crippen molar-refractivity contribution in [1.29, 1.82) is 0 Å². The van der Waals surface area contributed by atoms with E-state index in [2.05, 4.69) is 30.5 Å². The van der Waals surface area contributed by atoms with E-state index in [-0.39, 0.29) is 28.1 Å². The second-order valence-corrected chi connectivity index (χ2v) is 9.74. The van der Waals surface area contributed by atoms with Gasteiger partial charge in [-0.2, -0.15) is 4.68 Å². The molecule has 1 N–H and O–H groups in total. The summed E-state index contributed by atoms with van der Waals surface area (Å²) in [6, 6.07) is 9.96. The zero-order valence-corrected chi connectivity index (χ0v) is 20.7. The predicted octanol–water partition coefficient (Wildman–Crippen LogP) is 4.42. The normalized spacial score (nSPS) is 16.8. The molecular weight excluding hydrogens is 509 g/mol. The van der Waals surface area contributed by atoms with Crippen molar-refractivity contribution in [3.8, 4) is 28.1 Å². The van der Waals surface area contributed by atoms with Crippen molar-refractivity contribution in [3.05, 3.63) is 100 Å². The maximum atomic E-state index is 15.4. The fraction of sp³-hybridized carbons (Fsp3) is 0.154. The van der Waals surface area contributed by atoms with Crippen LogP contribution in [0.3, 0.4) is 0 Å². The molecule has 12 heteroatoms. The third-order valence-corrected chi connectivity index (χ3v) is 7.35. The molecule has 5 aromatic heterocycles. The van der Waals surface area contributed by atoms with Crippen LogP contribution in [0.1, 0.15) is 36.8 Å². The molecule has 0 spiro atoms. The Morgan fingerprint density at radius 3 is 2.87 bits per heavy atom. The van der Waals surface area contributed by atoms with Gasteiger partial charge in [0.2, 0.25) is 0 Å². The predicted molar refractivity (Wildman–Crippen MR) is 138 cm³/mol. The number of hydrogen-bond acceptors (Lipinski definition) is 6. The lowest BCUT2D eigenvalue weighted by Crippen LogP contribution is -2.24. The van der Waals surface area contributed by atoms with Crippen LogP contribution in [-0.4, -0.2) is 44.1 Å². The Hall–Kier alpha value is -4.64. The monoisotopic (exact) mass is 527 g/mol. The molecule has 0 unspecified atom stereocenters. The molecule has 1 aliphatic heterocycles. The van der Waals surface area contributed by atoms with E-state index in [1.807, 2.05) is 41.9 Å². The Morgan fingerprint density at radius 2 is 2.03 bits per heavy atom. The van der Waals surface area contributed by atoms with Crippen molar-refractivity contribution in [2.24, 2.45) is 0 Å². The molecule has 7 rings (SSSR count). The van der Waals surface area contributed by atoms with Gasteiger partial charge in [-0.25, -0.2) is 14.4 Å². The highest BCUT2D eigenvalue weighted by molar-refractivity contribution is 6.31. The highest BCUT2D eigenvalue weighted by Gasteiger charge is 2.33. The van der Waals surface area contributed by atoms with E-state index < -0.39 is 5.82 Å². The van der Waals surface area contributed by atoms with Gasteiger partial charge in [0.05, 0.1) is 28.6 Å². The van der Waals surface area contributed by atoms with Crippen molar-refractivity contribution in [2.75, 3.05) is 0 Å². The first-order valence-electron chi connectivity index (χ1n) is 11.9. The summed E-state index contributed by atoms with van der Waals surface area (Å²) in [5, 5.41) is 11.1. The largest absolute Gasteiger partial charge is 0.340 e. The molecule has 188 valence electrons. The van der Waals surface area contributed by atoms with Gasteiger partial charge in [-0.05, 0) is 58.7 Å². The highest BCUT2D eigenvalue weighted by Crippen LogP contribution is 2.40. The summed E-state index contributed by atoms with van der Waals surface area (Å²) in [7, 11) is 0. The molecule has 1 aromatic carbocycles. The minimum Gasteiger partial charge on any atom is -0.340 e. The molecule has 1 aliphatic rings. The number of halogens is 2. The number of nitrogens with one attached hydrogen (secondary N) is 1. The summed E-state index contributed by atoms with van der Waals surface area (Å²) in [6.07, 6.45) is 9.42. The zero-order valence-electron chi connectivity index (χ0n) is 20.0. The first-order valence-corrected chi connectivity index (χ1v) is 12.3. The number of rotatable bonds is 4. The molecule has 0 amide bonds. The molecule has 0 radical (unpaired) electrons. The van der Waals surface area contributed by atoms with Crippen molar-refractivity contribution in [2.45, 2.75) is 25.3 Å². The Bertz CT molecular complexity index is 1890. The van der Waals surface area contributed by atoms with E-state index in [9.17, 15) is 4.79 Å². The maximum absolute atomic E-state index is 15.4. The molecule has 2 atom stereocenters. The lowest BCUT2D eigenvalue weighted by Gasteiger charge is -2.16. The van der Waals surface area contributed by atoms with Crippen molar-refractivity contribution >= 4 is 17.2 Å². The van der Waals surface area contributed by atoms with Crippen LogP contribution in [0.2, 0.25) is 5.02 Å². The third-order valence-electron chi connectivity index (χ3n) is 7.06. The average Bonchev–Trinajstić information content (AvgIpc) is 3.72. The quantitative estimate of drug-likeness (QED) is 0.363. The molecule has 6 aromatic rings. The van der Waals surface area contributed by atoms with Crippen molar-refractivity contribution < 1.29 is 4.39 Å². The molecule has 0 saturated heterocycles. The first kappa shape index (κ1) is 22.5. The van der Waals surface area contributed by atoms with Crippen LogP contribution >= 0.6 is 11.6 Å². The fourth-order valence-electron chi connectivity index (χ4n) is 5.26. The van der Waals surface area contributed by atoms with Crippen molar-refractivity contribution in [1.82, 2.24) is 44.1 Å². The van der Waals surface area contributed by atoms with Crippen LogP contribution in [-0.2, 0) is 0 Å². The van der Waals surface area contributed by atoms with Gasteiger partial charge < -0.3 is 14.0 Å². The maximum Gasteiger partial charge on any atom is 0.252 e. The van der Waals surface area contributed by atoms with Crippen LogP contribution in [0.15, 0.2) is 72.3 Å². The second-order valence-electron chi connectivity index (χ2n) is 9.33. The Morgan fingerprint density at radius 1 is 1.13 bits per heavy atom. The number of hydrogen-bond donors (Lipinski definition) is 1. The van der Waals surface area contributed by atoms with E-state index in [1.165, 1.54) is 23.1 Å². The second kappa shape index (κ2) is 8.45. The number of tetrazole rings is 1. The molecule has 38 heavy (non-hydrogen) atoms. The fourth-order valence-corrected chi connectivity index (χ4v) is 5.42. The van der Waals surface area contributed by atoms with Gasteiger partial charge in [0.15, 0.2) is 5.82 Å². The molecule has 0 aliphatic carbocycles. The summed E-state index contributed by atoms with van der Waals surface area (Å²) in [5.74, 6) is 0.0773. The molecular formula is C26H19ClFN9O. The third kappa shape index (κ3) is 3.46. The minimum absolute atomic E-state index is 0.0298. The van der Waals surface area contributed by atoms with E-state index in [4.69, 9.17) is 11.6 Å². The summed E-state index contributed by atoms with van der Waals surface area (Å²) in [5.41, 5.74) is 4.14. The first-order chi connectivity index (χ1) is 18.5. The topological polar surface area (TPSA) is 112 Å². The molecule has 0 bridgehead atoms. The van der Waals surface area contributed by atoms with Gasteiger partial charge in [0, 0.05) is 41.5 Å². The Labute approximate surface area is 219 Å². The van der Waals surface area contributed by atoms with Crippen LogP contribution in [0.5, 0.6) is 0 Å². The van der Waals surface area contributed by atoms with E-state index >= 15 is 4.39 Å². The van der Waals surface area contributed by atoms with Crippen molar-refractivity contribution in [3.63, 3.8) is 0 Å². The van der Waals surface area contributed by atoms with Crippen LogP contribution in [0, 0.1) is 5.82 Å². The SMILES string of the molecule is C[C@H]1C[C@@H](c2ncc(-c3ccc4nccn4c3)[nH]2)n2c1cc(-c1c(-n3cnnn3)ccc(Cl)c1F)cc2=O. The van der Waals surface area contributed by atoms with Crippen LogP contribution in [0.4, 0.5) is 4.39 Å². The Kier molecular flexibility index (Phi) is 5.02. The van der Waals surface area contributed by atoms with E-state index in [0.29, 0.717) is 23.5 Å². The highest BCUT2D eigenvalue weighted by atomic mass is 35.5. The van der Waals surface area contributed by atoms with Gasteiger partial charge >= 0.3 is 0 Å². The summed E-state index contributed by atoms with van der Waals surface area (Å²) >= 11 is 6.13. The zero-order chi connectivity index (χ0) is 26.0. The molecule has 0 fully saturated rings. The van der Waals surface area contributed by atoms with Crippen LogP contribution < -0.4 is 5.56 Å². The number of fused-ring (bicyclic) bond motifs is 2. The smallest absolute Gasteiger partial charge is 0.252 e. The van der Waals surface area contributed by atoms with E-state index in [1.54, 1.807) is 23.0 Å². The minimum atomic E-state index is -0.642. The lowest BCUT2D eigenvalue weighted by atomic mass is 9.99. The average molecular weight is 528 g/mol. The van der Waals surface area contributed by atoms with E-state index in [0.717, 1.165) is 22.6 Å². The molecule has 0 saturated carbocycles. The summed E-state index contributed by atoms with van der Waals surface area (Å²) < 4.78 is 20.4. The number of aromatic nitrogens is 9. The number of H-pyrrole nitrogens is 1. The number of benzene rings is 1. The lowest BCUT2D eigenvalue weighted by molar-refractivity contribution is 0.557. The van der Waals surface area contributed by atoms with Gasteiger partial charge in [-0.3, -0.25) is 4.79 Å². The standard InChI is InChI=1S/C26H19ClFN9O/c1-14-8-21(26-30-11-18(32-26)15-2-5-22-29-6-7-35(22)12-15)37-20(14)9-16(10-23(37)38)24-19(36-13-31-33-34-36)4-3-17(27)25(24)28/h2-7,9-14,21H,8H2,1H3,(H,30,32)/t14-,21-/m0/s1. The number of nitrogens with zero attached hydrogens (tertiary/aromatic N) is 8. The molecule has 6 heterocycles. The van der Waals surface area contributed by atoms with Gasteiger partial charge in [0.1, 0.15) is 17.8 Å². The Balaban J connectivity index is 1.31. The number of pyridine rings is 2. The molecule has 10 nitrogen and oxygen atoms in total. The summed E-state index contributed by atoms with van der Waals surface area (Å²) in [6.45, 7) is 2.04. The van der Waals surface area contributed by atoms with Gasteiger partial charge in [-0.15, -0.1) is 5.10 Å². The summed E-state index contributed by atoms with van der Waals surface area (Å²) in [4.78, 5) is 25.8.